The van der Waals surface area contributed by atoms with Crippen LogP contribution in [0.5, 0.6) is 0 Å². The summed E-state index contributed by atoms with van der Waals surface area (Å²) in [5, 5.41) is 18.3. The Labute approximate surface area is 238 Å². The maximum absolute atomic E-state index is 12.3. The van der Waals surface area contributed by atoms with Gasteiger partial charge in [0.25, 0.3) is 0 Å². The van der Waals surface area contributed by atoms with Gasteiger partial charge in [0.15, 0.2) is 0 Å². The lowest BCUT2D eigenvalue weighted by molar-refractivity contribution is -0.148. The van der Waals surface area contributed by atoms with Crippen molar-refractivity contribution in [2.45, 2.75) is 155 Å². The SMILES string of the molecule is CCCCCCCCCCCCCCCCCCC1(COC(=O)CCSCCC(=O)O)CCC(CO)CC1. The van der Waals surface area contributed by atoms with Gasteiger partial charge in [-0.2, -0.15) is 11.8 Å². The topological polar surface area (TPSA) is 83.8 Å². The predicted molar refractivity (Wildman–Crippen MR) is 161 cm³/mol. The van der Waals surface area contributed by atoms with Gasteiger partial charge in [-0.25, -0.2) is 0 Å². The molecule has 0 aromatic heterocycles. The van der Waals surface area contributed by atoms with Crippen LogP contribution < -0.4 is 0 Å². The minimum atomic E-state index is -0.797. The minimum absolute atomic E-state index is 0.0772. The molecule has 5 nitrogen and oxygen atoms in total. The fourth-order valence-electron chi connectivity index (χ4n) is 5.71. The number of hydrogen-bond donors (Lipinski definition) is 2. The van der Waals surface area contributed by atoms with Crippen molar-refractivity contribution >= 4 is 23.7 Å². The van der Waals surface area contributed by atoms with Crippen molar-refractivity contribution in [2.24, 2.45) is 11.3 Å². The molecule has 1 rings (SSSR count). The Bertz CT molecular complexity index is 574. The summed E-state index contributed by atoms with van der Waals surface area (Å²) in [5.41, 5.74) is 0.0772. The molecule has 224 valence electrons. The lowest BCUT2D eigenvalue weighted by Crippen LogP contribution is -2.34. The first-order valence-electron chi connectivity index (χ1n) is 16.1. The number of unbranched alkanes of at least 4 members (excludes halogenated alkanes) is 15. The normalized spacial score (nSPS) is 19.5. The maximum Gasteiger partial charge on any atom is 0.306 e. The smallest absolute Gasteiger partial charge is 0.306 e. The number of carboxylic acid groups (broad SMARTS) is 1. The van der Waals surface area contributed by atoms with E-state index in [-0.39, 0.29) is 24.4 Å². The zero-order chi connectivity index (χ0) is 27.7. The van der Waals surface area contributed by atoms with Crippen LogP contribution in [0.3, 0.4) is 0 Å². The van der Waals surface area contributed by atoms with Crippen molar-refractivity contribution < 1.29 is 24.5 Å². The van der Waals surface area contributed by atoms with E-state index in [2.05, 4.69) is 6.92 Å². The molecule has 0 heterocycles. The van der Waals surface area contributed by atoms with Crippen LogP contribution in [0.15, 0.2) is 0 Å². The number of rotatable bonds is 26. The molecule has 0 atom stereocenters. The second-order valence-electron chi connectivity index (χ2n) is 11.8. The molecule has 2 N–H and O–H groups in total. The molecule has 0 aliphatic heterocycles. The van der Waals surface area contributed by atoms with Gasteiger partial charge in [0.2, 0.25) is 0 Å². The Balaban J connectivity index is 2.11. The van der Waals surface area contributed by atoms with Gasteiger partial charge in [-0.15, -0.1) is 0 Å². The van der Waals surface area contributed by atoms with Crippen molar-refractivity contribution in [3.63, 3.8) is 0 Å². The quantitative estimate of drug-likeness (QED) is 0.0817. The predicted octanol–water partition coefficient (Wildman–Crippen LogP) is 8.95. The Morgan fingerprint density at radius 1 is 0.763 bits per heavy atom. The van der Waals surface area contributed by atoms with E-state index in [1.807, 2.05) is 0 Å². The van der Waals surface area contributed by atoms with Crippen LogP contribution in [0.25, 0.3) is 0 Å². The highest BCUT2D eigenvalue weighted by molar-refractivity contribution is 7.99. The first kappa shape index (κ1) is 35.3. The van der Waals surface area contributed by atoms with Crippen LogP contribution in [0.1, 0.15) is 155 Å². The fourth-order valence-corrected chi connectivity index (χ4v) is 6.54. The van der Waals surface area contributed by atoms with E-state index in [0.29, 0.717) is 30.5 Å². The van der Waals surface area contributed by atoms with Crippen LogP contribution in [-0.4, -0.2) is 46.9 Å². The number of carbonyl (C=O) groups is 2. The molecule has 0 amide bonds. The molecular formula is C32H60O5S. The Morgan fingerprint density at radius 3 is 1.71 bits per heavy atom. The van der Waals surface area contributed by atoms with Crippen LogP contribution in [-0.2, 0) is 14.3 Å². The molecule has 1 saturated carbocycles. The van der Waals surface area contributed by atoms with Gasteiger partial charge in [-0.3, -0.25) is 9.59 Å². The molecule has 0 unspecified atom stereocenters. The molecule has 0 aromatic rings. The van der Waals surface area contributed by atoms with E-state index >= 15 is 0 Å². The second-order valence-corrected chi connectivity index (χ2v) is 13.1. The molecule has 0 bridgehead atoms. The molecular weight excluding hydrogens is 496 g/mol. The Kier molecular flexibility index (Phi) is 22.4. The molecule has 1 fully saturated rings. The Morgan fingerprint density at radius 2 is 1.24 bits per heavy atom. The number of hydrogen-bond acceptors (Lipinski definition) is 5. The van der Waals surface area contributed by atoms with Gasteiger partial charge in [0, 0.05) is 23.5 Å². The van der Waals surface area contributed by atoms with E-state index in [9.17, 15) is 14.7 Å². The molecule has 0 saturated heterocycles. The highest BCUT2D eigenvalue weighted by Gasteiger charge is 2.36. The van der Waals surface area contributed by atoms with Gasteiger partial charge in [0.05, 0.1) is 19.4 Å². The summed E-state index contributed by atoms with van der Waals surface area (Å²) in [7, 11) is 0. The third-order valence-corrected chi connectivity index (χ3v) is 9.42. The molecule has 38 heavy (non-hydrogen) atoms. The van der Waals surface area contributed by atoms with Crippen molar-refractivity contribution in [3.05, 3.63) is 0 Å². The van der Waals surface area contributed by atoms with Gasteiger partial charge < -0.3 is 14.9 Å². The summed E-state index contributed by atoms with van der Waals surface area (Å²) in [4.78, 5) is 22.9. The third-order valence-electron chi connectivity index (χ3n) is 8.43. The fraction of sp³-hybridized carbons (Fsp3) is 0.938. The summed E-state index contributed by atoms with van der Waals surface area (Å²) < 4.78 is 5.73. The van der Waals surface area contributed by atoms with Gasteiger partial charge in [0.1, 0.15) is 0 Å². The Hall–Kier alpha value is -0.750. The molecule has 0 aromatic carbocycles. The number of esters is 1. The zero-order valence-corrected chi connectivity index (χ0v) is 25.5. The third kappa shape index (κ3) is 19.3. The number of aliphatic carboxylic acids is 1. The van der Waals surface area contributed by atoms with E-state index in [4.69, 9.17) is 9.84 Å². The maximum atomic E-state index is 12.3. The van der Waals surface area contributed by atoms with Crippen LogP contribution in [0.2, 0.25) is 0 Å². The van der Waals surface area contributed by atoms with E-state index < -0.39 is 5.97 Å². The average molecular weight is 557 g/mol. The number of thioether (sulfide) groups is 1. The first-order valence-corrected chi connectivity index (χ1v) is 17.2. The molecule has 1 aliphatic rings. The van der Waals surface area contributed by atoms with Gasteiger partial charge >= 0.3 is 11.9 Å². The second kappa shape index (κ2) is 24.1. The van der Waals surface area contributed by atoms with Crippen LogP contribution in [0.4, 0.5) is 0 Å². The van der Waals surface area contributed by atoms with Crippen molar-refractivity contribution in [1.29, 1.82) is 0 Å². The summed E-state index contributed by atoms with van der Waals surface area (Å²) in [6.07, 6.45) is 27.7. The number of carbonyl (C=O) groups excluding carboxylic acids is 1. The van der Waals surface area contributed by atoms with Gasteiger partial charge in [-0.05, 0) is 38.0 Å². The van der Waals surface area contributed by atoms with E-state index in [0.717, 1.165) is 32.1 Å². The monoisotopic (exact) mass is 556 g/mol. The number of carboxylic acids is 1. The standard InChI is InChI=1S/C32H60O5S/c1-2-3-4-5-6-7-8-9-10-11-12-13-14-15-16-17-22-32(23-18-29(27-33)19-24-32)28-37-31(36)21-26-38-25-20-30(34)35/h29,33H,2-28H2,1H3,(H,34,35). The van der Waals surface area contributed by atoms with Crippen LogP contribution >= 0.6 is 11.8 Å². The van der Waals surface area contributed by atoms with E-state index in [1.54, 1.807) is 0 Å². The largest absolute Gasteiger partial charge is 0.481 e. The summed E-state index contributed by atoms with van der Waals surface area (Å²) >= 11 is 1.50. The van der Waals surface area contributed by atoms with Crippen molar-refractivity contribution in [1.82, 2.24) is 0 Å². The van der Waals surface area contributed by atoms with Crippen LogP contribution in [0, 0.1) is 11.3 Å². The highest BCUT2D eigenvalue weighted by atomic mass is 32.2. The van der Waals surface area contributed by atoms with Crippen molar-refractivity contribution in [3.8, 4) is 0 Å². The van der Waals surface area contributed by atoms with Crippen molar-refractivity contribution in [2.75, 3.05) is 24.7 Å². The van der Waals surface area contributed by atoms with Gasteiger partial charge in [-0.1, -0.05) is 110 Å². The molecule has 1 aliphatic carbocycles. The molecule has 6 heteroatoms. The lowest BCUT2D eigenvalue weighted by atomic mass is 9.68. The summed E-state index contributed by atoms with van der Waals surface area (Å²) in [6.45, 7) is 3.05. The number of aliphatic hydroxyl groups excluding tert-OH is 1. The minimum Gasteiger partial charge on any atom is -0.481 e. The molecule has 0 spiro atoms. The number of aliphatic hydroxyl groups is 1. The first-order chi connectivity index (χ1) is 18.5. The number of ether oxygens (including phenoxy) is 1. The highest BCUT2D eigenvalue weighted by Crippen LogP contribution is 2.43. The molecule has 0 radical (unpaired) electrons. The van der Waals surface area contributed by atoms with E-state index in [1.165, 1.54) is 114 Å². The zero-order valence-electron chi connectivity index (χ0n) is 24.7. The summed E-state index contributed by atoms with van der Waals surface area (Å²) in [5.74, 6) is 0.590. The lowest BCUT2D eigenvalue weighted by Gasteiger charge is -2.39. The summed E-state index contributed by atoms with van der Waals surface area (Å²) in [6, 6.07) is 0. The average Bonchev–Trinajstić information content (AvgIpc) is 2.92.